The number of benzene rings is 2. The summed E-state index contributed by atoms with van der Waals surface area (Å²) in [5.74, 6) is 1.32. The van der Waals surface area contributed by atoms with E-state index in [2.05, 4.69) is 0 Å². The van der Waals surface area contributed by atoms with Gasteiger partial charge in [-0.2, -0.15) is 0 Å². The highest BCUT2D eigenvalue weighted by molar-refractivity contribution is 7.92. The van der Waals surface area contributed by atoms with Crippen LogP contribution in [0.5, 0.6) is 5.75 Å². The molecule has 0 saturated carbocycles. The van der Waals surface area contributed by atoms with E-state index in [1.807, 2.05) is 54.3 Å². The molecule has 0 saturated heterocycles. The first-order chi connectivity index (χ1) is 11.2. The van der Waals surface area contributed by atoms with Gasteiger partial charge in [0.1, 0.15) is 11.4 Å². The number of anilines is 3. The zero-order valence-electron chi connectivity index (χ0n) is 12.8. The minimum absolute atomic E-state index is 0.573. The highest BCUT2D eigenvalue weighted by atomic mass is 32.2. The summed E-state index contributed by atoms with van der Waals surface area (Å²) in [6.07, 6.45) is 1.57. The Labute approximate surface area is 137 Å². The summed E-state index contributed by atoms with van der Waals surface area (Å²) in [6.45, 7) is 2.02. The standard InChI is InChI=1S/C18H15NO3S/c1-12-7-8-13(15(11-12)21-2)19-14-5-3-4-6-16(14)23(20)17-9-10-22-18(17)19/h3-11H,1-2H3. The summed E-state index contributed by atoms with van der Waals surface area (Å²) in [5.41, 5.74) is 2.81. The highest BCUT2D eigenvalue weighted by Crippen LogP contribution is 2.50. The maximum absolute atomic E-state index is 12.7. The second-order valence-corrected chi connectivity index (χ2v) is 6.75. The van der Waals surface area contributed by atoms with E-state index >= 15 is 0 Å². The molecule has 1 unspecified atom stereocenters. The molecule has 3 aromatic rings. The summed E-state index contributed by atoms with van der Waals surface area (Å²) >= 11 is -1.24. The van der Waals surface area contributed by atoms with Crippen LogP contribution in [0.4, 0.5) is 17.3 Å². The lowest BCUT2D eigenvalue weighted by atomic mass is 10.1. The van der Waals surface area contributed by atoms with E-state index in [9.17, 15) is 4.55 Å². The Kier molecular flexibility index (Phi) is 3.32. The molecule has 2 aromatic carbocycles. The van der Waals surface area contributed by atoms with E-state index in [0.717, 1.165) is 27.6 Å². The maximum atomic E-state index is 12.7. The fraction of sp³-hybridized carbons (Fsp3) is 0.111. The van der Waals surface area contributed by atoms with E-state index in [-0.39, 0.29) is 0 Å². The molecule has 0 fully saturated rings. The minimum atomic E-state index is -1.24. The number of hydrogen-bond donors (Lipinski definition) is 0. The molecule has 5 heteroatoms. The smallest absolute Gasteiger partial charge is 0.261 e. The predicted molar refractivity (Wildman–Crippen MR) is 89.4 cm³/mol. The van der Waals surface area contributed by atoms with Crippen molar-refractivity contribution in [2.45, 2.75) is 16.7 Å². The molecule has 0 radical (unpaired) electrons. The van der Waals surface area contributed by atoms with Crippen LogP contribution < -0.4 is 9.64 Å². The Morgan fingerprint density at radius 3 is 2.70 bits per heavy atom. The molecule has 0 spiro atoms. The van der Waals surface area contributed by atoms with Crippen LogP contribution in [0.25, 0.3) is 0 Å². The molecule has 23 heavy (non-hydrogen) atoms. The normalized spacial score (nSPS) is 16.0. The lowest BCUT2D eigenvalue weighted by Crippen LogP contribution is -2.21. The number of hydrogen-bond acceptors (Lipinski definition) is 4. The van der Waals surface area contributed by atoms with E-state index < -0.39 is 11.2 Å². The van der Waals surface area contributed by atoms with Crippen molar-refractivity contribution in [1.29, 1.82) is 0 Å². The number of methoxy groups -OCH3 is 1. The Hall–Kier alpha value is -2.37. The van der Waals surface area contributed by atoms with Gasteiger partial charge in [0.15, 0.2) is 4.90 Å². The Morgan fingerprint density at radius 1 is 1.04 bits per heavy atom. The number of ether oxygens (including phenoxy) is 1. The Morgan fingerprint density at radius 2 is 1.87 bits per heavy atom. The van der Waals surface area contributed by atoms with Gasteiger partial charge in [0, 0.05) is 17.2 Å². The number of aryl methyl sites for hydroxylation is 1. The molecular formula is C18H15NO3S. The topological polar surface area (TPSA) is 48.7 Å². The van der Waals surface area contributed by atoms with E-state index in [1.54, 1.807) is 19.4 Å². The highest BCUT2D eigenvalue weighted by Gasteiger charge is 2.38. The maximum Gasteiger partial charge on any atom is 0.261 e. The van der Waals surface area contributed by atoms with Gasteiger partial charge in [0.2, 0.25) is 4.90 Å². The van der Waals surface area contributed by atoms with E-state index in [4.69, 9.17) is 9.15 Å². The molecule has 1 aromatic heterocycles. The van der Waals surface area contributed by atoms with Gasteiger partial charge in [-0.1, -0.05) is 18.2 Å². The number of rotatable bonds is 2. The molecule has 0 N–H and O–H groups in total. The van der Waals surface area contributed by atoms with Gasteiger partial charge < -0.3 is 13.7 Å². The van der Waals surface area contributed by atoms with Crippen LogP contribution in [-0.2, 0) is 11.2 Å². The van der Waals surface area contributed by atoms with Crippen molar-refractivity contribution in [2.75, 3.05) is 12.0 Å². The monoisotopic (exact) mass is 325 g/mol. The second-order valence-electron chi connectivity index (χ2n) is 5.34. The summed E-state index contributed by atoms with van der Waals surface area (Å²) in [7, 11) is 1.65. The van der Waals surface area contributed by atoms with Crippen molar-refractivity contribution in [3.05, 3.63) is 60.4 Å². The third-order valence-electron chi connectivity index (χ3n) is 3.89. The Bertz CT molecular complexity index is 874. The molecule has 1 atom stereocenters. The van der Waals surface area contributed by atoms with Gasteiger partial charge in [0.25, 0.3) is 5.88 Å². The average Bonchev–Trinajstić information content (AvgIpc) is 3.06. The molecule has 1 aliphatic heterocycles. The largest absolute Gasteiger partial charge is 0.606 e. The van der Waals surface area contributed by atoms with Crippen LogP contribution in [0, 0.1) is 6.92 Å². The second kappa shape index (κ2) is 5.37. The van der Waals surface area contributed by atoms with Gasteiger partial charge in [-0.05, 0) is 36.8 Å². The lowest BCUT2D eigenvalue weighted by Gasteiger charge is -2.30. The van der Waals surface area contributed by atoms with Gasteiger partial charge in [-0.3, -0.25) is 4.90 Å². The summed E-state index contributed by atoms with van der Waals surface area (Å²) < 4.78 is 24.0. The van der Waals surface area contributed by atoms with Crippen LogP contribution in [0.15, 0.2) is 69.0 Å². The first-order valence-corrected chi connectivity index (χ1v) is 8.39. The van der Waals surface area contributed by atoms with Gasteiger partial charge >= 0.3 is 0 Å². The fourth-order valence-corrected chi connectivity index (χ4v) is 4.09. The van der Waals surface area contributed by atoms with Crippen molar-refractivity contribution in [3.8, 4) is 5.75 Å². The van der Waals surface area contributed by atoms with Crippen LogP contribution in [0.1, 0.15) is 5.56 Å². The predicted octanol–water partition coefficient (Wildman–Crippen LogP) is 4.55. The SMILES string of the molecule is COc1cc(C)ccc1N1c2ccccc2[S+]([O-])c2ccoc21. The summed E-state index contributed by atoms with van der Waals surface area (Å²) in [4.78, 5) is 3.40. The van der Waals surface area contributed by atoms with E-state index in [1.165, 1.54) is 0 Å². The molecule has 4 rings (SSSR count). The zero-order chi connectivity index (χ0) is 16.0. The van der Waals surface area contributed by atoms with Gasteiger partial charge in [0.05, 0.1) is 19.1 Å². The molecule has 1 aliphatic rings. The number of nitrogens with zero attached hydrogens (tertiary/aromatic N) is 1. The van der Waals surface area contributed by atoms with Crippen LogP contribution >= 0.6 is 0 Å². The first-order valence-electron chi connectivity index (χ1n) is 7.24. The molecule has 0 amide bonds. The number of para-hydroxylation sites is 1. The third-order valence-corrected chi connectivity index (χ3v) is 5.35. The Balaban J connectivity index is 1.99. The molecular weight excluding hydrogens is 310 g/mol. The van der Waals surface area contributed by atoms with Crippen molar-refractivity contribution < 1.29 is 13.7 Å². The van der Waals surface area contributed by atoms with Gasteiger partial charge in [-0.15, -0.1) is 0 Å². The zero-order valence-corrected chi connectivity index (χ0v) is 13.6. The molecule has 116 valence electrons. The van der Waals surface area contributed by atoms with Crippen LogP contribution in [0.2, 0.25) is 0 Å². The van der Waals surface area contributed by atoms with Gasteiger partial charge in [-0.25, -0.2) is 0 Å². The van der Waals surface area contributed by atoms with Crippen molar-refractivity contribution in [2.24, 2.45) is 0 Å². The first kappa shape index (κ1) is 14.2. The minimum Gasteiger partial charge on any atom is -0.606 e. The molecule has 4 nitrogen and oxygen atoms in total. The number of fused-ring (bicyclic) bond motifs is 2. The van der Waals surface area contributed by atoms with Crippen molar-refractivity contribution in [3.63, 3.8) is 0 Å². The van der Waals surface area contributed by atoms with Crippen molar-refractivity contribution >= 4 is 28.4 Å². The molecule has 0 bridgehead atoms. The summed E-state index contributed by atoms with van der Waals surface area (Å²) in [6, 6.07) is 15.4. The lowest BCUT2D eigenvalue weighted by molar-refractivity contribution is 0.415. The fourth-order valence-electron chi connectivity index (χ4n) is 2.83. The van der Waals surface area contributed by atoms with Crippen LogP contribution in [-0.4, -0.2) is 11.7 Å². The van der Waals surface area contributed by atoms with Crippen LogP contribution in [0.3, 0.4) is 0 Å². The molecule has 2 heterocycles. The third kappa shape index (κ3) is 2.12. The summed E-state index contributed by atoms with van der Waals surface area (Å²) in [5, 5.41) is 0. The number of furan rings is 1. The molecule has 0 aliphatic carbocycles. The average molecular weight is 325 g/mol. The van der Waals surface area contributed by atoms with E-state index in [0.29, 0.717) is 10.8 Å². The quantitative estimate of drug-likeness (QED) is 0.649. The van der Waals surface area contributed by atoms with Crippen molar-refractivity contribution in [1.82, 2.24) is 0 Å².